The molecule has 4 heteroatoms. The molecule has 0 amide bonds. The highest BCUT2D eigenvalue weighted by Crippen LogP contribution is 2.14. The molecule has 100 valence electrons. The van der Waals surface area contributed by atoms with Gasteiger partial charge >= 0.3 is 0 Å². The van der Waals surface area contributed by atoms with E-state index in [-0.39, 0.29) is 10.9 Å². The number of nitrogens with zero attached hydrogens (tertiary/aromatic N) is 1. The second-order valence-corrected chi connectivity index (χ2v) is 7.27. The standard InChI is InChI=1S/C14H21NO2S/c1-11(2)17-13-8-6-12(7-9-13)10-15-18(16)14(3,4)5/h6-11H,1-5H3. The number of hydrogen-bond acceptors (Lipinski definition) is 2. The minimum Gasteiger partial charge on any atom is -0.491 e. The summed E-state index contributed by atoms with van der Waals surface area (Å²) in [5.74, 6) is 0.832. The van der Waals surface area contributed by atoms with Gasteiger partial charge in [-0.05, 0) is 64.4 Å². The molecule has 1 aromatic rings. The monoisotopic (exact) mass is 267 g/mol. The van der Waals surface area contributed by atoms with Gasteiger partial charge in [-0.25, -0.2) is 4.21 Å². The Balaban J connectivity index is 2.69. The molecule has 0 spiro atoms. The predicted octanol–water partition coefficient (Wildman–Crippen LogP) is 3.35. The Morgan fingerprint density at radius 1 is 1.22 bits per heavy atom. The van der Waals surface area contributed by atoms with Gasteiger partial charge in [0.2, 0.25) is 0 Å². The van der Waals surface area contributed by atoms with E-state index in [1.807, 2.05) is 58.9 Å². The molecule has 1 rings (SSSR count). The lowest BCUT2D eigenvalue weighted by Gasteiger charge is -2.12. The van der Waals surface area contributed by atoms with Crippen molar-refractivity contribution in [3.8, 4) is 5.75 Å². The molecule has 0 bridgehead atoms. The van der Waals surface area contributed by atoms with Crippen LogP contribution in [0, 0.1) is 0 Å². The smallest absolute Gasteiger partial charge is 0.144 e. The van der Waals surface area contributed by atoms with Crippen LogP contribution in [0.2, 0.25) is 0 Å². The summed E-state index contributed by atoms with van der Waals surface area (Å²) in [7, 11) is -1.21. The zero-order valence-corrected chi connectivity index (χ0v) is 12.5. The largest absolute Gasteiger partial charge is 0.491 e. The van der Waals surface area contributed by atoms with Crippen molar-refractivity contribution in [2.45, 2.75) is 45.5 Å². The maximum atomic E-state index is 11.7. The van der Waals surface area contributed by atoms with Crippen molar-refractivity contribution < 1.29 is 8.95 Å². The average molecular weight is 267 g/mol. The summed E-state index contributed by atoms with van der Waals surface area (Å²) in [6, 6.07) is 7.59. The van der Waals surface area contributed by atoms with Gasteiger partial charge in [0.25, 0.3) is 0 Å². The highest BCUT2D eigenvalue weighted by Gasteiger charge is 2.17. The van der Waals surface area contributed by atoms with Gasteiger partial charge in [0.15, 0.2) is 0 Å². The lowest BCUT2D eigenvalue weighted by atomic mass is 10.2. The third-order valence-electron chi connectivity index (χ3n) is 2.07. The molecule has 0 radical (unpaired) electrons. The molecule has 0 fully saturated rings. The van der Waals surface area contributed by atoms with Crippen LogP contribution < -0.4 is 4.74 Å². The molecule has 0 aliphatic heterocycles. The highest BCUT2D eigenvalue weighted by molar-refractivity contribution is 7.85. The molecule has 0 heterocycles. The molecule has 0 aromatic heterocycles. The lowest BCUT2D eigenvalue weighted by Crippen LogP contribution is -2.19. The second-order valence-electron chi connectivity index (χ2n) is 5.33. The topological polar surface area (TPSA) is 38.7 Å². The van der Waals surface area contributed by atoms with E-state index in [4.69, 9.17) is 4.74 Å². The Labute approximate surface area is 112 Å². The maximum Gasteiger partial charge on any atom is 0.144 e. The Morgan fingerprint density at radius 3 is 2.22 bits per heavy atom. The molecule has 0 aliphatic rings. The fourth-order valence-corrected chi connectivity index (χ4v) is 1.71. The van der Waals surface area contributed by atoms with E-state index in [1.54, 1.807) is 6.21 Å². The van der Waals surface area contributed by atoms with E-state index in [0.29, 0.717) is 0 Å². The Morgan fingerprint density at radius 2 is 1.78 bits per heavy atom. The zero-order valence-electron chi connectivity index (χ0n) is 11.6. The molecule has 1 unspecified atom stereocenters. The van der Waals surface area contributed by atoms with Crippen LogP contribution in [0.25, 0.3) is 0 Å². The fraction of sp³-hybridized carbons (Fsp3) is 0.500. The molecule has 0 saturated carbocycles. The highest BCUT2D eigenvalue weighted by atomic mass is 32.2. The van der Waals surface area contributed by atoms with Gasteiger partial charge < -0.3 is 4.74 Å². The molecular formula is C14H21NO2S. The summed E-state index contributed by atoms with van der Waals surface area (Å²) in [6.45, 7) is 9.68. The van der Waals surface area contributed by atoms with Gasteiger partial charge in [0.05, 0.1) is 10.9 Å². The summed E-state index contributed by atoms with van der Waals surface area (Å²) in [5.41, 5.74) is 0.920. The SMILES string of the molecule is CC(C)Oc1ccc(C=NS(=O)C(C)(C)C)cc1. The van der Waals surface area contributed by atoms with Crippen LogP contribution >= 0.6 is 0 Å². The molecular weight excluding hydrogens is 246 g/mol. The van der Waals surface area contributed by atoms with Crippen LogP contribution in [0.1, 0.15) is 40.2 Å². The van der Waals surface area contributed by atoms with Crippen molar-refractivity contribution in [1.82, 2.24) is 0 Å². The first-order chi connectivity index (χ1) is 8.29. The van der Waals surface area contributed by atoms with Gasteiger partial charge in [-0.2, -0.15) is 4.40 Å². The molecule has 3 nitrogen and oxygen atoms in total. The average Bonchev–Trinajstić information content (AvgIpc) is 2.25. The Bertz CT molecular complexity index is 430. The van der Waals surface area contributed by atoms with Gasteiger partial charge in [-0.3, -0.25) is 0 Å². The van der Waals surface area contributed by atoms with E-state index in [0.717, 1.165) is 11.3 Å². The van der Waals surface area contributed by atoms with E-state index >= 15 is 0 Å². The maximum absolute atomic E-state index is 11.7. The normalized spacial score (nSPS) is 14.1. The third kappa shape index (κ3) is 5.00. The summed E-state index contributed by atoms with van der Waals surface area (Å²) in [6.07, 6.45) is 1.80. The van der Waals surface area contributed by atoms with Crippen LogP contribution in [0.4, 0.5) is 0 Å². The van der Waals surface area contributed by atoms with Gasteiger partial charge in [0, 0.05) is 6.21 Å². The molecule has 0 N–H and O–H groups in total. The predicted molar refractivity (Wildman–Crippen MR) is 77.7 cm³/mol. The Kier molecular flexibility index (Phi) is 5.08. The second kappa shape index (κ2) is 6.14. The lowest BCUT2D eigenvalue weighted by molar-refractivity contribution is 0.242. The minimum atomic E-state index is -1.21. The van der Waals surface area contributed by atoms with Crippen molar-refractivity contribution in [3.05, 3.63) is 29.8 Å². The number of rotatable bonds is 4. The first kappa shape index (κ1) is 14.9. The summed E-state index contributed by atoms with van der Waals surface area (Å²) < 4.78 is 21.0. The molecule has 0 aliphatic carbocycles. The fourth-order valence-electron chi connectivity index (χ4n) is 1.17. The molecule has 1 atom stereocenters. The number of hydrogen-bond donors (Lipinski definition) is 0. The van der Waals surface area contributed by atoms with Crippen molar-refractivity contribution in [1.29, 1.82) is 0 Å². The molecule has 18 heavy (non-hydrogen) atoms. The van der Waals surface area contributed by atoms with Crippen molar-refractivity contribution in [2.75, 3.05) is 0 Å². The van der Waals surface area contributed by atoms with Crippen LogP contribution in [-0.2, 0) is 11.0 Å². The molecule has 0 saturated heterocycles. The van der Waals surface area contributed by atoms with Crippen LogP contribution in [-0.4, -0.2) is 21.3 Å². The van der Waals surface area contributed by atoms with Crippen LogP contribution in [0.3, 0.4) is 0 Å². The summed E-state index contributed by atoms with van der Waals surface area (Å²) in [5, 5.41) is 0. The van der Waals surface area contributed by atoms with Crippen molar-refractivity contribution >= 4 is 17.2 Å². The summed E-state index contributed by atoms with van der Waals surface area (Å²) >= 11 is 0. The summed E-state index contributed by atoms with van der Waals surface area (Å²) in [4.78, 5) is 0. The number of benzene rings is 1. The Hall–Kier alpha value is -1.16. The van der Waals surface area contributed by atoms with E-state index in [2.05, 4.69) is 4.40 Å². The first-order valence-electron chi connectivity index (χ1n) is 6.02. The van der Waals surface area contributed by atoms with Gasteiger partial charge in [0.1, 0.15) is 16.7 Å². The number of ether oxygens (including phenoxy) is 1. The molecule has 1 aromatic carbocycles. The van der Waals surface area contributed by atoms with Crippen LogP contribution in [0.5, 0.6) is 5.75 Å². The van der Waals surface area contributed by atoms with Crippen molar-refractivity contribution in [3.63, 3.8) is 0 Å². The van der Waals surface area contributed by atoms with Gasteiger partial charge in [-0.1, -0.05) is 0 Å². The van der Waals surface area contributed by atoms with Crippen molar-refractivity contribution in [2.24, 2.45) is 4.40 Å². The zero-order chi connectivity index (χ0) is 13.8. The first-order valence-corrected chi connectivity index (χ1v) is 7.12. The van der Waals surface area contributed by atoms with Crippen LogP contribution in [0.15, 0.2) is 28.7 Å². The third-order valence-corrected chi connectivity index (χ3v) is 3.42. The van der Waals surface area contributed by atoms with E-state index in [9.17, 15) is 4.21 Å². The minimum absolute atomic E-state index is 0.165. The van der Waals surface area contributed by atoms with Gasteiger partial charge in [-0.15, -0.1) is 0 Å². The van der Waals surface area contributed by atoms with E-state index < -0.39 is 11.0 Å². The quantitative estimate of drug-likeness (QED) is 0.785. The van der Waals surface area contributed by atoms with E-state index in [1.165, 1.54) is 0 Å².